The van der Waals surface area contributed by atoms with Crippen LogP contribution in [-0.2, 0) is 6.54 Å². The first kappa shape index (κ1) is 16.5. The second kappa shape index (κ2) is 6.72. The topological polar surface area (TPSA) is 59.5 Å². The highest BCUT2D eigenvalue weighted by molar-refractivity contribution is 7.09. The first-order valence-corrected chi connectivity index (χ1v) is 9.18. The van der Waals surface area contributed by atoms with Gasteiger partial charge in [0.1, 0.15) is 10.8 Å². The van der Waals surface area contributed by atoms with Crippen molar-refractivity contribution in [2.75, 3.05) is 6.61 Å². The van der Waals surface area contributed by atoms with E-state index in [-0.39, 0.29) is 18.4 Å². The summed E-state index contributed by atoms with van der Waals surface area (Å²) >= 11 is 1.44. The van der Waals surface area contributed by atoms with E-state index in [4.69, 9.17) is 4.74 Å². The number of fused-ring (bicyclic) bond motifs is 1. The van der Waals surface area contributed by atoms with Crippen molar-refractivity contribution in [2.45, 2.75) is 13.5 Å². The third kappa shape index (κ3) is 2.88. The van der Waals surface area contributed by atoms with E-state index in [0.717, 1.165) is 22.0 Å². The van der Waals surface area contributed by atoms with Gasteiger partial charge in [-0.15, -0.1) is 11.3 Å². The fraction of sp³-hybridized carbons (Fsp3) is 0.150. The van der Waals surface area contributed by atoms with Crippen LogP contribution in [0.4, 0.5) is 0 Å². The Balaban J connectivity index is 1.53. The lowest BCUT2D eigenvalue weighted by Crippen LogP contribution is -2.29. The molecule has 0 fully saturated rings. The van der Waals surface area contributed by atoms with Gasteiger partial charge in [0.15, 0.2) is 0 Å². The molecule has 4 rings (SSSR count). The molecule has 0 bridgehead atoms. The van der Waals surface area contributed by atoms with Crippen molar-refractivity contribution in [1.82, 2.24) is 9.88 Å². The summed E-state index contributed by atoms with van der Waals surface area (Å²) in [6.45, 7) is 2.76. The number of nitrogens with zero attached hydrogens (tertiary/aromatic N) is 2. The summed E-state index contributed by atoms with van der Waals surface area (Å²) in [6.07, 6.45) is 0. The van der Waals surface area contributed by atoms with E-state index in [1.165, 1.54) is 16.2 Å². The van der Waals surface area contributed by atoms with Gasteiger partial charge in [-0.2, -0.15) is 0 Å². The van der Waals surface area contributed by atoms with Crippen LogP contribution < -0.4 is 4.74 Å². The van der Waals surface area contributed by atoms with E-state index in [2.05, 4.69) is 4.98 Å². The highest BCUT2D eigenvalue weighted by atomic mass is 32.1. The van der Waals surface area contributed by atoms with Gasteiger partial charge >= 0.3 is 0 Å². The molecule has 0 radical (unpaired) electrons. The van der Waals surface area contributed by atoms with Gasteiger partial charge in [0.05, 0.1) is 30.0 Å². The summed E-state index contributed by atoms with van der Waals surface area (Å²) < 4.78 is 5.45. The van der Waals surface area contributed by atoms with Crippen LogP contribution in [0.5, 0.6) is 5.75 Å². The normalized spacial score (nSPS) is 13.2. The van der Waals surface area contributed by atoms with Crippen molar-refractivity contribution >= 4 is 23.2 Å². The Morgan fingerprint density at radius 2 is 1.65 bits per heavy atom. The van der Waals surface area contributed by atoms with Crippen molar-refractivity contribution in [1.29, 1.82) is 0 Å². The molecule has 26 heavy (non-hydrogen) atoms. The summed E-state index contributed by atoms with van der Waals surface area (Å²) in [6, 6.07) is 14.6. The van der Waals surface area contributed by atoms with E-state index >= 15 is 0 Å². The SMILES string of the molecule is CCOc1ccc(-c2csc(CN3C(=O)c4ccccc4C3=O)n2)cc1. The number of hydrogen-bond donors (Lipinski definition) is 0. The minimum Gasteiger partial charge on any atom is -0.494 e. The molecule has 1 aromatic heterocycles. The number of benzene rings is 2. The number of carbonyl (C=O) groups is 2. The van der Waals surface area contributed by atoms with Gasteiger partial charge in [-0.3, -0.25) is 14.5 Å². The average molecular weight is 364 g/mol. The van der Waals surface area contributed by atoms with Crippen molar-refractivity contribution in [2.24, 2.45) is 0 Å². The maximum atomic E-state index is 12.5. The van der Waals surface area contributed by atoms with Crippen molar-refractivity contribution in [3.05, 3.63) is 70.0 Å². The van der Waals surface area contributed by atoms with Crippen molar-refractivity contribution in [3.8, 4) is 17.0 Å². The molecule has 0 atom stereocenters. The van der Waals surface area contributed by atoms with Gasteiger partial charge in [-0.1, -0.05) is 12.1 Å². The van der Waals surface area contributed by atoms with Crippen LogP contribution in [0.1, 0.15) is 32.6 Å². The largest absolute Gasteiger partial charge is 0.494 e. The first-order valence-electron chi connectivity index (χ1n) is 8.30. The molecule has 2 heterocycles. The molecular weight excluding hydrogens is 348 g/mol. The maximum absolute atomic E-state index is 12.5. The van der Waals surface area contributed by atoms with Crippen molar-refractivity contribution in [3.63, 3.8) is 0 Å². The Labute approximate surface area is 154 Å². The summed E-state index contributed by atoms with van der Waals surface area (Å²) in [5.41, 5.74) is 2.71. The van der Waals surface area contributed by atoms with Gasteiger partial charge in [0.2, 0.25) is 0 Å². The number of rotatable bonds is 5. The Morgan fingerprint density at radius 3 is 2.27 bits per heavy atom. The van der Waals surface area contributed by atoms with Gasteiger partial charge in [-0.25, -0.2) is 4.98 Å². The lowest BCUT2D eigenvalue weighted by molar-refractivity contribution is 0.0642. The second-order valence-corrected chi connectivity index (χ2v) is 6.77. The van der Waals surface area contributed by atoms with Crippen LogP contribution in [0.25, 0.3) is 11.3 Å². The van der Waals surface area contributed by atoms with E-state index in [9.17, 15) is 9.59 Å². The third-order valence-corrected chi connectivity index (χ3v) is 5.02. The molecule has 3 aromatic rings. The molecule has 2 amide bonds. The Hall–Kier alpha value is -2.99. The highest BCUT2D eigenvalue weighted by Gasteiger charge is 2.35. The lowest BCUT2D eigenvalue weighted by Gasteiger charge is -2.11. The average Bonchev–Trinajstić information content (AvgIpc) is 3.23. The summed E-state index contributed by atoms with van der Waals surface area (Å²) in [4.78, 5) is 30.7. The molecule has 5 nitrogen and oxygen atoms in total. The molecule has 0 spiro atoms. The van der Waals surface area contributed by atoms with Gasteiger partial charge in [0.25, 0.3) is 11.8 Å². The fourth-order valence-corrected chi connectivity index (χ4v) is 3.71. The minimum absolute atomic E-state index is 0.189. The molecule has 6 heteroatoms. The number of ether oxygens (including phenoxy) is 1. The van der Waals surface area contributed by atoms with Crippen LogP contribution in [0.3, 0.4) is 0 Å². The number of aromatic nitrogens is 1. The molecule has 130 valence electrons. The number of imide groups is 1. The molecule has 1 aliphatic heterocycles. The second-order valence-electron chi connectivity index (χ2n) is 5.83. The molecule has 0 N–H and O–H groups in total. The quantitative estimate of drug-likeness (QED) is 0.642. The summed E-state index contributed by atoms with van der Waals surface area (Å²) in [7, 11) is 0. The van der Waals surface area contributed by atoms with Crippen LogP contribution in [0.2, 0.25) is 0 Å². The molecule has 0 saturated carbocycles. The summed E-state index contributed by atoms with van der Waals surface area (Å²) in [5, 5.41) is 2.66. The molecule has 1 aliphatic rings. The zero-order valence-corrected chi connectivity index (χ0v) is 15.0. The minimum atomic E-state index is -0.261. The Kier molecular flexibility index (Phi) is 4.26. The van der Waals surface area contributed by atoms with Gasteiger partial charge in [-0.05, 0) is 43.3 Å². The standard InChI is InChI=1S/C20H16N2O3S/c1-2-25-14-9-7-13(8-10-14)17-12-26-18(21-17)11-22-19(23)15-5-3-4-6-16(15)20(22)24/h3-10,12H,2,11H2,1H3. The predicted molar refractivity (Wildman–Crippen MR) is 99.4 cm³/mol. The number of hydrogen-bond acceptors (Lipinski definition) is 5. The monoisotopic (exact) mass is 364 g/mol. The van der Waals surface area contributed by atoms with E-state index < -0.39 is 0 Å². The smallest absolute Gasteiger partial charge is 0.261 e. The predicted octanol–water partition coefficient (Wildman–Crippen LogP) is 4.01. The molecule has 0 aliphatic carbocycles. The van der Waals surface area contributed by atoms with Crippen LogP contribution >= 0.6 is 11.3 Å². The molecule has 0 saturated heterocycles. The zero-order valence-electron chi connectivity index (χ0n) is 14.1. The number of carbonyl (C=O) groups excluding carboxylic acids is 2. The maximum Gasteiger partial charge on any atom is 0.261 e. The molecular formula is C20H16N2O3S. The van der Waals surface area contributed by atoms with E-state index in [1.54, 1.807) is 24.3 Å². The number of thiazole rings is 1. The number of amides is 2. The lowest BCUT2D eigenvalue weighted by atomic mass is 10.1. The van der Waals surface area contributed by atoms with Gasteiger partial charge in [0, 0.05) is 10.9 Å². The zero-order chi connectivity index (χ0) is 18.1. The molecule has 2 aromatic carbocycles. The van der Waals surface area contributed by atoms with Crippen molar-refractivity contribution < 1.29 is 14.3 Å². The Morgan fingerprint density at radius 1 is 1.00 bits per heavy atom. The first-order chi connectivity index (χ1) is 12.7. The fourth-order valence-electron chi connectivity index (χ4n) is 2.92. The van der Waals surface area contributed by atoms with E-state index in [1.807, 2.05) is 36.6 Å². The van der Waals surface area contributed by atoms with Crippen LogP contribution in [0.15, 0.2) is 53.9 Å². The van der Waals surface area contributed by atoms with E-state index in [0.29, 0.717) is 17.7 Å². The Bertz CT molecular complexity index is 944. The molecule has 0 unspecified atom stereocenters. The summed E-state index contributed by atoms with van der Waals surface area (Å²) in [5.74, 6) is 0.296. The highest BCUT2D eigenvalue weighted by Crippen LogP contribution is 2.28. The van der Waals surface area contributed by atoms with Crippen LogP contribution in [0, 0.1) is 0 Å². The van der Waals surface area contributed by atoms with Gasteiger partial charge < -0.3 is 4.74 Å². The van der Waals surface area contributed by atoms with Crippen LogP contribution in [-0.4, -0.2) is 28.3 Å². The third-order valence-electron chi connectivity index (χ3n) is 4.18.